The van der Waals surface area contributed by atoms with Gasteiger partial charge in [0.1, 0.15) is 5.76 Å². The molecule has 0 radical (unpaired) electrons. The van der Waals surface area contributed by atoms with Crippen LogP contribution in [0.3, 0.4) is 0 Å². The fraction of sp³-hybridized carbons (Fsp3) is 0.478. The molecule has 27 heavy (non-hydrogen) atoms. The van der Waals surface area contributed by atoms with Crippen LogP contribution in [0.15, 0.2) is 46.6 Å². The van der Waals surface area contributed by atoms with E-state index in [1.165, 1.54) is 10.9 Å². The summed E-state index contributed by atoms with van der Waals surface area (Å²) < 4.78 is 17.8. The van der Waals surface area contributed by atoms with E-state index in [4.69, 9.17) is 13.9 Å². The summed E-state index contributed by atoms with van der Waals surface area (Å²) in [5.74, 6) is 3.10. The van der Waals surface area contributed by atoms with E-state index in [2.05, 4.69) is 35.3 Å². The van der Waals surface area contributed by atoms with Crippen LogP contribution in [-0.2, 0) is 17.7 Å². The normalized spacial score (nSPS) is 17.0. The van der Waals surface area contributed by atoms with Crippen LogP contribution in [0.5, 0.6) is 5.75 Å². The van der Waals surface area contributed by atoms with Gasteiger partial charge < -0.3 is 13.9 Å². The Morgan fingerprint density at radius 1 is 1.15 bits per heavy atom. The number of para-hydroxylation sites is 1. The van der Waals surface area contributed by atoms with Crippen molar-refractivity contribution in [1.29, 1.82) is 0 Å². The van der Waals surface area contributed by atoms with Gasteiger partial charge in [-0.1, -0.05) is 24.3 Å². The molecule has 0 spiro atoms. The van der Waals surface area contributed by atoms with Crippen LogP contribution in [-0.4, -0.2) is 31.2 Å². The summed E-state index contributed by atoms with van der Waals surface area (Å²) in [5, 5.41) is 1.22. The number of hydrogen-bond acceptors (Lipinski definition) is 4. The van der Waals surface area contributed by atoms with E-state index in [1.807, 2.05) is 13.0 Å². The molecule has 2 aliphatic rings. The lowest BCUT2D eigenvalue weighted by atomic mass is 10.0. The molecule has 4 nitrogen and oxygen atoms in total. The summed E-state index contributed by atoms with van der Waals surface area (Å²) in [6, 6.07) is 6.21. The van der Waals surface area contributed by atoms with Crippen molar-refractivity contribution in [3.63, 3.8) is 0 Å². The fourth-order valence-electron chi connectivity index (χ4n) is 3.95. The first-order chi connectivity index (χ1) is 13.3. The molecule has 1 aliphatic heterocycles. The Morgan fingerprint density at radius 2 is 2.11 bits per heavy atom. The van der Waals surface area contributed by atoms with Gasteiger partial charge in [0.2, 0.25) is 0 Å². The number of furan rings is 1. The lowest BCUT2D eigenvalue weighted by Gasteiger charge is -2.25. The zero-order valence-electron chi connectivity index (χ0n) is 16.2. The van der Waals surface area contributed by atoms with Crippen LogP contribution in [0.25, 0.3) is 11.0 Å². The van der Waals surface area contributed by atoms with Crippen molar-refractivity contribution < 1.29 is 13.9 Å². The van der Waals surface area contributed by atoms with E-state index in [1.54, 1.807) is 0 Å². The highest BCUT2D eigenvalue weighted by atomic mass is 16.5. The predicted molar refractivity (Wildman–Crippen MR) is 108 cm³/mol. The van der Waals surface area contributed by atoms with E-state index in [0.29, 0.717) is 6.61 Å². The highest BCUT2D eigenvalue weighted by molar-refractivity contribution is 5.87. The van der Waals surface area contributed by atoms with Crippen molar-refractivity contribution >= 4 is 11.0 Å². The molecule has 1 aromatic carbocycles. The molecule has 1 aliphatic carbocycles. The Balaban J connectivity index is 1.29. The average molecular weight is 367 g/mol. The Labute approximate surface area is 161 Å². The summed E-state index contributed by atoms with van der Waals surface area (Å²) in [7, 11) is 0. The van der Waals surface area contributed by atoms with Gasteiger partial charge in [-0.3, -0.25) is 4.90 Å². The first-order valence-electron chi connectivity index (χ1n) is 10.2. The molecule has 0 unspecified atom stereocenters. The maximum Gasteiger partial charge on any atom is 0.176 e. The number of allylic oxidation sites excluding steroid dienone is 4. The van der Waals surface area contributed by atoms with E-state index < -0.39 is 0 Å². The molecule has 1 aromatic heterocycles. The third-order valence-corrected chi connectivity index (χ3v) is 5.34. The molecular weight excluding hydrogens is 338 g/mol. The molecular formula is C23H29NO3. The lowest BCUT2D eigenvalue weighted by molar-refractivity contribution is 0.180. The molecule has 2 aromatic rings. The second kappa shape index (κ2) is 8.66. The van der Waals surface area contributed by atoms with Crippen LogP contribution in [0.4, 0.5) is 0 Å². The summed E-state index contributed by atoms with van der Waals surface area (Å²) in [4.78, 5) is 2.49. The van der Waals surface area contributed by atoms with E-state index in [-0.39, 0.29) is 0 Å². The maximum atomic E-state index is 6.21. The van der Waals surface area contributed by atoms with Gasteiger partial charge in [-0.05, 0) is 51.3 Å². The number of fused-ring (bicyclic) bond motifs is 3. The van der Waals surface area contributed by atoms with Gasteiger partial charge in [0, 0.05) is 23.9 Å². The van der Waals surface area contributed by atoms with Gasteiger partial charge in [0.15, 0.2) is 11.3 Å². The highest BCUT2D eigenvalue weighted by Crippen LogP contribution is 2.35. The Hall–Kier alpha value is -2.20. The third-order valence-electron chi connectivity index (χ3n) is 5.34. The van der Waals surface area contributed by atoms with Gasteiger partial charge in [-0.15, -0.1) is 0 Å². The largest absolute Gasteiger partial charge is 0.498 e. The SMILES string of the molecule is CCOc1cccc2c3c(oc12)CN(CCCCOC1=CC=CCC1)CC3. The molecule has 0 amide bonds. The van der Waals surface area contributed by atoms with Gasteiger partial charge >= 0.3 is 0 Å². The third kappa shape index (κ3) is 4.22. The van der Waals surface area contributed by atoms with E-state index in [0.717, 1.165) is 81.2 Å². The number of rotatable bonds is 8. The van der Waals surface area contributed by atoms with Crippen LogP contribution in [0.1, 0.15) is 43.9 Å². The van der Waals surface area contributed by atoms with Crippen LogP contribution >= 0.6 is 0 Å². The maximum absolute atomic E-state index is 6.21. The number of benzene rings is 1. The monoisotopic (exact) mass is 367 g/mol. The van der Waals surface area contributed by atoms with Crippen LogP contribution < -0.4 is 4.74 Å². The summed E-state index contributed by atoms with van der Waals surface area (Å²) in [6.07, 6.45) is 11.8. The molecule has 0 atom stereocenters. The Kier molecular flexibility index (Phi) is 5.83. The second-order valence-corrected chi connectivity index (χ2v) is 7.25. The molecule has 2 heterocycles. The van der Waals surface area contributed by atoms with E-state index in [9.17, 15) is 0 Å². The zero-order chi connectivity index (χ0) is 18.5. The number of unbranched alkanes of at least 4 members (excludes halogenated alkanes) is 1. The Bertz CT molecular complexity index is 834. The summed E-state index contributed by atoms with van der Waals surface area (Å²) in [6.45, 7) is 6.57. The quantitative estimate of drug-likeness (QED) is 0.599. The minimum atomic E-state index is 0.659. The van der Waals surface area contributed by atoms with Crippen molar-refractivity contribution in [2.24, 2.45) is 0 Å². The zero-order valence-corrected chi connectivity index (χ0v) is 16.2. The topological polar surface area (TPSA) is 34.8 Å². The number of nitrogens with zero attached hydrogens (tertiary/aromatic N) is 1. The standard InChI is InChI=1S/C23H29NO3/c1-2-25-21-12-8-11-20-19-13-15-24(17-22(19)27-23(20)21)14-6-7-16-26-18-9-4-3-5-10-18/h3-4,8-9,11-12H,2,5-7,10,13-17H2,1H3. The molecule has 4 rings (SSSR count). The van der Waals surface area contributed by atoms with Crippen molar-refractivity contribution in [2.75, 3.05) is 26.3 Å². The van der Waals surface area contributed by atoms with Crippen LogP contribution in [0.2, 0.25) is 0 Å². The average Bonchev–Trinajstić information content (AvgIpc) is 3.08. The smallest absolute Gasteiger partial charge is 0.176 e. The van der Waals surface area contributed by atoms with Gasteiger partial charge in [-0.2, -0.15) is 0 Å². The molecule has 144 valence electrons. The van der Waals surface area contributed by atoms with Crippen molar-refractivity contribution in [2.45, 2.75) is 45.6 Å². The van der Waals surface area contributed by atoms with Gasteiger partial charge in [-0.25, -0.2) is 0 Å². The predicted octanol–water partition coefficient (Wildman–Crippen LogP) is 5.22. The molecule has 0 bridgehead atoms. The minimum Gasteiger partial charge on any atom is -0.498 e. The molecule has 0 saturated heterocycles. The van der Waals surface area contributed by atoms with Gasteiger partial charge in [0.25, 0.3) is 0 Å². The first kappa shape index (κ1) is 18.2. The van der Waals surface area contributed by atoms with Crippen LogP contribution in [0, 0.1) is 0 Å². The molecule has 0 N–H and O–H groups in total. The minimum absolute atomic E-state index is 0.659. The lowest BCUT2D eigenvalue weighted by Crippen LogP contribution is -2.30. The number of hydrogen-bond donors (Lipinski definition) is 0. The highest BCUT2D eigenvalue weighted by Gasteiger charge is 2.23. The second-order valence-electron chi connectivity index (χ2n) is 7.25. The fourth-order valence-corrected chi connectivity index (χ4v) is 3.95. The van der Waals surface area contributed by atoms with Crippen molar-refractivity contribution in [3.8, 4) is 5.75 Å². The van der Waals surface area contributed by atoms with Gasteiger partial charge in [0.05, 0.1) is 25.5 Å². The summed E-state index contributed by atoms with van der Waals surface area (Å²) >= 11 is 0. The molecule has 4 heteroatoms. The molecule has 0 saturated carbocycles. The number of ether oxygens (including phenoxy) is 2. The first-order valence-corrected chi connectivity index (χ1v) is 10.2. The Morgan fingerprint density at radius 3 is 2.96 bits per heavy atom. The van der Waals surface area contributed by atoms with E-state index >= 15 is 0 Å². The molecule has 0 fully saturated rings. The summed E-state index contributed by atoms with van der Waals surface area (Å²) in [5.41, 5.74) is 2.28. The van der Waals surface area contributed by atoms with Crippen molar-refractivity contribution in [1.82, 2.24) is 4.90 Å². The van der Waals surface area contributed by atoms with Crippen molar-refractivity contribution in [3.05, 3.63) is 53.5 Å².